The highest BCUT2D eigenvalue weighted by Gasteiger charge is 2.17. The Morgan fingerprint density at radius 2 is 2.33 bits per heavy atom. The number of amides is 1. The Balaban J connectivity index is 1.94. The summed E-state index contributed by atoms with van der Waals surface area (Å²) in [6.07, 6.45) is 6.82. The molecule has 0 aliphatic carbocycles. The van der Waals surface area contributed by atoms with Gasteiger partial charge in [-0.25, -0.2) is 4.98 Å². The molecule has 0 spiro atoms. The molecule has 0 aromatic carbocycles. The highest BCUT2D eigenvalue weighted by Crippen LogP contribution is 2.08. The number of carbonyl (C=O) groups is 1. The molecule has 18 heavy (non-hydrogen) atoms. The van der Waals surface area contributed by atoms with Crippen LogP contribution in [0.25, 0.3) is 0 Å². The molecule has 96 valence electrons. The number of imidazole rings is 1. The number of carbonyl (C=O) groups excluding carboxylic acids is 1. The zero-order valence-electron chi connectivity index (χ0n) is 10.4. The molecule has 0 aliphatic heterocycles. The summed E-state index contributed by atoms with van der Waals surface area (Å²) < 4.78 is 3.46. The average Bonchev–Trinajstić information content (AvgIpc) is 2.94. The van der Waals surface area contributed by atoms with Gasteiger partial charge in [0.1, 0.15) is 11.9 Å². The van der Waals surface area contributed by atoms with Gasteiger partial charge in [0, 0.05) is 38.2 Å². The van der Waals surface area contributed by atoms with Gasteiger partial charge in [-0.2, -0.15) is 5.10 Å². The molecule has 2 heterocycles. The fourth-order valence-corrected chi connectivity index (χ4v) is 1.60. The number of nitrogens with one attached hydrogen (secondary N) is 1. The first-order valence-electron chi connectivity index (χ1n) is 5.56. The van der Waals surface area contributed by atoms with E-state index in [1.54, 1.807) is 30.3 Å². The molecule has 2 aromatic rings. The summed E-state index contributed by atoms with van der Waals surface area (Å²) in [6.45, 7) is 0.357. The van der Waals surface area contributed by atoms with Gasteiger partial charge in [-0.3, -0.25) is 9.48 Å². The van der Waals surface area contributed by atoms with Crippen LogP contribution in [0.15, 0.2) is 24.8 Å². The summed E-state index contributed by atoms with van der Waals surface area (Å²) in [5.74, 6) is 0.535. The van der Waals surface area contributed by atoms with Gasteiger partial charge in [0.25, 0.3) is 0 Å². The molecule has 3 N–H and O–H groups in total. The number of hydrogen-bond donors (Lipinski definition) is 2. The van der Waals surface area contributed by atoms with Crippen LogP contribution in [0.2, 0.25) is 0 Å². The molecule has 2 rings (SSSR count). The summed E-state index contributed by atoms with van der Waals surface area (Å²) in [4.78, 5) is 16.0. The Labute approximate surface area is 105 Å². The third-order valence-electron chi connectivity index (χ3n) is 2.71. The van der Waals surface area contributed by atoms with Crippen LogP contribution in [0.5, 0.6) is 0 Å². The van der Waals surface area contributed by atoms with Crippen LogP contribution < -0.4 is 11.1 Å². The van der Waals surface area contributed by atoms with Crippen molar-refractivity contribution in [1.29, 1.82) is 0 Å². The molecule has 1 unspecified atom stereocenters. The van der Waals surface area contributed by atoms with Crippen LogP contribution in [-0.4, -0.2) is 25.2 Å². The van der Waals surface area contributed by atoms with Crippen molar-refractivity contribution in [1.82, 2.24) is 24.6 Å². The van der Waals surface area contributed by atoms with Crippen molar-refractivity contribution in [2.75, 3.05) is 0 Å². The maximum atomic E-state index is 11.8. The van der Waals surface area contributed by atoms with E-state index in [-0.39, 0.29) is 5.91 Å². The van der Waals surface area contributed by atoms with Gasteiger partial charge in [-0.15, -0.1) is 0 Å². The molecule has 7 nitrogen and oxygen atoms in total. The fraction of sp³-hybridized carbons (Fsp3) is 0.364. The highest BCUT2D eigenvalue weighted by molar-refractivity contribution is 5.82. The normalized spacial score (nSPS) is 12.4. The molecule has 0 saturated carbocycles. The topological polar surface area (TPSA) is 90.8 Å². The number of nitrogens with two attached hydrogens (primary N) is 1. The van der Waals surface area contributed by atoms with E-state index >= 15 is 0 Å². The Morgan fingerprint density at radius 3 is 2.89 bits per heavy atom. The van der Waals surface area contributed by atoms with E-state index in [1.165, 1.54) is 0 Å². The Bertz CT molecular complexity index is 543. The minimum Gasteiger partial charge on any atom is -0.347 e. The smallest absolute Gasteiger partial charge is 0.242 e. The van der Waals surface area contributed by atoms with Crippen LogP contribution in [0.1, 0.15) is 17.4 Å². The lowest BCUT2D eigenvalue weighted by Crippen LogP contribution is -2.34. The lowest BCUT2D eigenvalue weighted by Gasteiger charge is -2.10. The predicted molar refractivity (Wildman–Crippen MR) is 65.2 cm³/mol. The van der Waals surface area contributed by atoms with E-state index < -0.39 is 6.04 Å². The van der Waals surface area contributed by atoms with E-state index in [1.807, 2.05) is 17.8 Å². The van der Waals surface area contributed by atoms with Crippen molar-refractivity contribution in [2.45, 2.75) is 12.6 Å². The Kier molecular flexibility index (Phi) is 3.42. The van der Waals surface area contributed by atoms with Crippen LogP contribution >= 0.6 is 0 Å². The largest absolute Gasteiger partial charge is 0.347 e. The standard InChI is InChI=1S/C11H16N6O/c1-16-4-3-13-9(16)6-14-11(18)10(12)8-5-15-17(2)7-8/h3-5,7,10H,6,12H2,1-2H3,(H,14,18). The lowest BCUT2D eigenvalue weighted by atomic mass is 10.1. The summed E-state index contributed by atoms with van der Waals surface area (Å²) >= 11 is 0. The van der Waals surface area contributed by atoms with Crippen LogP contribution in [0, 0.1) is 0 Å². The van der Waals surface area contributed by atoms with Crippen molar-refractivity contribution in [2.24, 2.45) is 19.8 Å². The zero-order chi connectivity index (χ0) is 13.1. The molecule has 1 amide bonds. The van der Waals surface area contributed by atoms with Crippen LogP contribution in [0.3, 0.4) is 0 Å². The number of nitrogens with zero attached hydrogens (tertiary/aromatic N) is 4. The first-order chi connectivity index (χ1) is 8.58. The van der Waals surface area contributed by atoms with Gasteiger partial charge in [-0.05, 0) is 0 Å². The minimum atomic E-state index is -0.709. The molecule has 0 aliphatic rings. The van der Waals surface area contributed by atoms with Crippen molar-refractivity contribution in [3.05, 3.63) is 36.2 Å². The summed E-state index contributed by atoms with van der Waals surface area (Å²) in [5.41, 5.74) is 6.53. The minimum absolute atomic E-state index is 0.244. The van der Waals surface area contributed by atoms with E-state index in [0.29, 0.717) is 12.1 Å². The third kappa shape index (κ3) is 2.57. The molecular weight excluding hydrogens is 232 g/mol. The molecule has 0 saturated heterocycles. The van der Waals surface area contributed by atoms with E-state index in [0.717, 1.165) is 5.82 Å². The van der Waals surface area contributed by atoms with Gasteiger partial charge >= 0.3 is 0 Å². The van der Waals surface area contributed by atoms with E-state index in [9.17, 15) is 4.79 Å². The van der Waals surface area contributed by atoms with E-state index in [2.05, 4.69) is 15.4 Å². The number of aryl methyl sites for hydroxylation is 2. The first kappa shape index (κ1) is 12.3. The first-order valence-corrected chi connectivity index (χ1v) is 5.56. The molecular formula is C11H16N6O. The monoisotopic (exact) mass is 248 g/mol. The van der Waals surface area contributed by atoms with Gasteiger partial charge in [0.15, 0.2) is 0 Å². The number of aromatic nitrogens is 4. The second kappa shape index (κ2) is 5.01. The van der Waals surface area contributed by atoms with Crippen LogP contribution in [0.4, 0.5) is 0 Å². The predicted octanol–water partition coefficient (Wildman–Crippen LogP) is -0.530. The number of rotatable bonds is 4. The second-order valence-electron chi connectivity index (χ2n) is 4.10. The third-order valence-corrected chi connectivity index (χ3v) is 2.71. The molecule has 0 bridgehead atoms. The Hall–Kier alpha value is -2.15. The van der Waals surface area contributed by atoms with Gasteiger partial charge in [0.05, 0.1) is 12.7 Å². The molecule has 2 aromatic heterocycles. The van der Waals surface area contributed by atoms with Crippen molar-refractivity contribution in [3.8, 4) is 0 Å². The van der Waals surface area contributed by atoms with E-state index in [4.69, 9.17) is 5.73 Å². The molecule has 0 fully saturated rings. The fourth-order valence-electron chi connectivity index (χ4n) is 1.60. The van der Waals surface area contributed by atoms with Gasteiger partial charge in [0.2, 0.25) is 5.91 Å². The van der Waals surface area contributed by atoms with Crippen molar-refractivity contribution in [3.63, 3.8) is 0 Å². The average molecular weight is 248 g/mol. The van der Waals surface area contributed by atoms with Gasteiger partial charge in [-0.1, -0.05) is 0 Å². The maximum absolute atomic E-state index is 11.8. The van der Waals surface area contributed by atoms with Crippen molar-refractivity contribution < 1.29 is 4.79 Å². The van der Waals surface area contributed by atoms with Crippen molar-refractivity contribution >= 4 is 5.91 Å². The van der Waals surface area contributed by atoms with Gasteiger partial charge < -0.3 is 15.6 Å². The lowest BCUT2D eigenvalue weighted by molar-refractivity contribution is -0.122. The SMILES string of the molecule is Cn1cc(C(N)C(=O)NCc2nccn2C)cn1. The quantitative estimate of drug-likeness (QED) is 0.761. The highest BCUT2D eigenvalue weighted by atomic mass is 16.2. The Morgan fingerprint density at radius 1 is 1.56 bits per heavy atom. The molecule has 0 radical (unpaired) electrons. The second-order valence-corrected chi connectivity index (χ2v) is 4.10. The maximum Gasteiger partial charge on any atom is 0.242 e. The summed E-state index contributed by atoms with van der Waals surface area (Å²) in [7, 11) is 3.65. The summed E-state index contributed by atoms with van der Waals surface area (Å²) in [6, 6.07) is -0.709. The molecule has 1 atom stereocenters. The summed E-state index contributed by atoms with van der Waals surface area (Å²) in [5, 5.41) is 6.73. The zero-order valence-corrected chi connectivity index (χ0v) is 10.4. The molecule has 7 heteroatoms. The number of hydrogen-bond acceptors (Lipinski definition) is 4. The van der Waals surface area contributed by atoms with Crippen LogP contribution in [-0.2, 0) is 25.4 Å².